The average molecular weight is 299 g/mol. The van der Waals surface area contributed by atoms with E-state index in [0.29, 0.717) is 12.8 Å². The van der Waals surface area contributed by atoms with Crippen LogP contribution < -0.4 is 0 Å². The van der Waals surface area contributed by atoms with Crippen molar-refractivity contribution in [3.05, 3.63) is 0 Å². The minimum absolute atomic E-state index is 0.00380. The third-order valence-electron chi connectivity index (χ3n) is 4.42. The number of carboxylic acid groups (broad SMARTS) is 1. The van der Waals surface area contributed by atoms with Crippen LogP contribution in [0.2, 0.25) is 0 Å². The quantitative estimate of drug-likeness (QED) is 0.812. The zero-order valence-electron chi connectivity index (χ0n) is 13.4. The maximum Gasteiger partial charge on any atom is 0.410 e. The Kier molecular flexibility index (Phi) is 3.33. The molecule has 120 valence electrons. The Morgan fingerprint density at radius 3 is 1.95 bits per heavy atom. The fourth-order valence-electron chi connectivity index (χ4n) is 3.56. The van der Waals surface area contributed by atoms with Gasteiger partial charge in [-0.05, 0) is 39.0 Å². The molecule has 1 amide bonds. The zero-order valence-corrected chi connectivity index (χ0v) is 13.4. The number of likely N-dealkylation sites (tertiary alicyclic amines) is 1. The third kappa shape index (κ3) is 2.61. The molecule has 2 aliphatic rings. The standard InChI is InChI=1S/C15H25NO5/c1-12(2,3)21-11(19)16-8-14(9-16,10(17)18)15(20)6-13(4,5)7-15/h20H,6-9H2,1-5H3,(H,17,18). The topological polar surface area (TPSA) is 87.1 Å². The Labute approximate surface area is 125 Å². The van der Waals surface area contributed by atoms with E-state index in [4.69, 9.17) is 4.74 Å². The van der Waals surface area contributed by atoms with Gasteiger partial charge in [0.15, 0.2) is 0 Å². The summed E-state index contributed by atoms with van der Waals surface area (Å²) in [4.78, 5) is 25.0. The van der Waals surface area contributed by atoms with Gasteiger partial charge < -0.3 is 19.8 Å². The lowest BCUT2D eigenvalue weighted by Crippen LogP contribution is -2.76. The number of amides is 1. The van der Waals surface area contributed by atoms with E-state index in [9.17, 15) is 19.8 Å². The lowest BCUT2D eigenvalue weighted by molar-refractivity contribution is -0.239. The number of carbonyl (C=O) groups is 2. The van der Waals surface area contributed by atoms with E-state index in [1.807, 2.05) is 13.8 Å². The number of ether oxygens (including phenoxy) is 1. The number of hydrogen-bond donors (Lipinski definition) is 2. The fourth-order valence-corrected chi connectivity index (χ4v) is 3.56. The molecule has 21 heavy (non-hydrogen) atoms. The number of aliphatic carboxylic acids is 1. The highest BCUT2D eigenvalue weighted by Gasteiger charge is 2.69. The van der Waals surface area contributed by atoms with Crippen molar-refractivity contribution in [1.82, 2.24) is 4.90 Å². The summed E-state index contributed by atoms with van der Waals surface area (Å²) in [6.45, 7) is 9.29. The summed E-state index contributed by atoms with van der Waals surface area (Å²) < 4.78 is 5.23. The molecule has 0 bridgehead atoms. The fraction of sp³-hybridized carbons (Fsp3) is 0.867. The Bertz CT molecular complexity index is 463. The molecule has 1 aliphatic heterocycles. The molecule has 2 rings (SSSR count). The van der Waals surface area contributed by atoms with E-state index in [1.165, 1.54) is 4.90 Å². The number of rotatable bonds is 2. The van der Waals surface area contributed by atoms with Crippen LogP contribution in [-0.2, 0) is 9.53 Å². The zero-order chi connectivity index (χ0) is 16.3. The molecule has 2 N–H and O–H groups in total. The van der Waals surface area contributed by atoms with Gasteiger partial charge in [0, 0.05) is 13.1 Å². The lowest BCUT2D eigenvalue weighted by atomic mass is 9.49. The van der Waals surface area contributed by atoms with E-state index in [0.717, 1.165) is 0 Å². The first-order chi connectivity index (χ1) is 9.30. The highest BCUT2D eigenvalue weighted by molar-refractivity contribution is 5.82. The van der Waals surface area contributed by atoms with E-state index < -0.39 is 28.7 Å². The van der Waals surface area contributed by atoms with Gasteiger partial charge in [-0.25, -0.2) is 4.79 Å². The summed E-state index contributed by atoms with van der Waals surface area (Å²) in [5, 5.41) is 20.2. The van der Waals surface area contributed by atoms with Gasteiger partial charge >= 0.3 is 12.1 Å². The SMILES string of the molecule is CC1(C)CC(O)(C2(C(=O)O)CN(C(=O)OC(C)(C)C)C2)C1. The normalized spacial score (nSPS) is 25.5. The monoisotopic (exact) mass is 299 g/mol. The predicted octanol–water partition coefficient (Wildman–Crippen LogP) is 1.86. The Balaban J connectivity index is 2.06. The molecular weight excluding hydrogens is 274 g/mol. The molecule has 0 unspecified atom stereocenters. The van der Waals surface area contributed by atoms with E-state index in [2.05, 4.69) is 0 Å². The smallest absolute Gasteiger partial charge is 0.410 e. The first-order valence-corrected chi connectivity index (χ1v) is 7.24. The van der Waals surface area contributed by atoms with Crippen LogP contribution in [0.1, 0.15) is 47.5 Å². The molecule has 2 fully saturated rings. The first kappa shape index (κ1) is 16.1. The second kappa shape index (κ2) is 4.35. The second-order valence-electron chi connectivity index (χ2n) is 8.27. The summed E-state index contributed by atoms with van der Waals surface area (Å²) in [6.07, 6.45) is 0.352. The van der Waals surface area contributed by atoms with Gasteiger partial charge in [0.1, 0.15) is 11.0 Å². The highest BCUT2D eigenvalue weighted by Crippen LogP contribution is 2.59. The summed E-state index contributed by atoms with van der Waals surface area (Å²) in [6, 6.07) is 0. The van der Waals surface area contributed by atoms with Crippen LogP contribution in [0.4, 0.5) is 4.79 Å². The number of carbonyl (C=O) groups excluding carboxylic acids is 1. The molecule has 1 aliphatic carbocycles. The van der Waals surface area contributed by atoms with Crippen LogP contribution in [-0.4, -0.2) is 51.5 Å². The van der Waals surface area contributed by atoms with Crippen molar-refractivity contribution in [3.63, 3.8) is 0 Å². The molecule has 0 aromatic carbocycles. The van der Waals surface area contributed by atoms with Crippen LogP contribution in [0.15, 0.2) is 0 Å². The van der Waals surface area contributed by atoms with Gasteiger partial charge in [0.25, 0.3) is 0 Å². The Hall–Kier alpha value is -1.30. The molecule has 6 nitrogen and oxygen atoms in total. The lowest BCUT2D eigenvalue weighted by Gasteiger charge is -2.62. The van der Waals surface area contributed by atoms with Crippen molar-refractivity contribution in [2.75, 3.05) is 13.1 Å². The van der Waals surface area contributed by atoms with Crippen LogP contribution in [0, 0.1) is 10.8 Å². The van der Waals surface area contributed by atoms with E-state index in [-0.39, 0.29) is 18.5 Å². The summed E-state index contributed by atoms with van der Waals surface area (Å²) in [5.74, 6) is -1.04. The third-order valence-corrected chi connectivity index (χ3v) is 4.42. The molecule has 1 saturated heterocycles. The Morgan fingerprint density at radius 2 is 1.62 bits per heavy atom. The van der Waals surface area contributed by atoms with Gasteiger partial charge in [0.2, 0.25) is 0 Å². The van der Waals surface area contributed by atoms with Crippen molar-refractivity contribution in [3.8, 4) is 0 Å². The highest BCUT2D eigenvalue weighted by atomic mass is 16.6. The molecular formula is C15H25NO5. The summed E-state index contributed by atoms with van der Waals surface area (Å²) in [7, 11) is 0. The van der Waals surface area contributed by atoms with Crippen molar-refractivity contribution in [2.45, 2.75) is 58.7 Å². The van der Waals surface area contributed by atoms with Crippen molar-refractivity contribution in [1.29, 1.82) is 0 Å². The molecule has 0 atom stereocenters. The van der Waals surface area contributed by atoms with Gasteiger partial charge in [-0.3, -0.25) is 4.79 Å². The number of carboxylic acids is 1. The molecule has 1 heterocycles. The number of hydrogen-bond acceptors (Lipinski definition) is 4. The minimum atomic E-state index is -1.26. The maximum atomic E-state index is 11.9. The molecule has 0 radical (unpaired) electrons. The van der Waals surface area contributed by atoms with Crippen LogP contribution in [0.25, 0.3) is 0 Å². The number of aliphatic hydroxyl groups is 1. The van der Waals surface area contributed by atoms with Crippen LogP contribution >= 0.6 is 0 Å². The van der Waals surface area contributed by atoms with Gasteiger partial charge in [-0.15, -0.1) is 0 Å². The summed E-state index contributed by atoms with van der Waals surface area (Å²) >= 11 is 0. The Morgan fingerprint density at radius 1 is 1.14 bits per heavy atom. The first-order valence-electron chi connectivity index (χ1n) is 7.24. The number of nitrogens with zero attached hydrogens (tertiary/aromatic N) is 1. The molecule has 0 aromatic rings. The summed E-state index contributed by atoms with van der Waals surface area (Å²) in [5.41, 5.74) is -3.17. The van der Waals surface area contributed by atoms with Crippen molar-refractivity contribution < 1.29 is 24.5 Å². The predicted molar refractivity (Wildman–Crippen MR) is 75.8 cm³/mol. The van der Waals surface area contributed by atoms with Gasteiger partial charge in [0.05, 0.1) is 5.60 Å². The van der Waals surface area contributed by atoms with E-state index >= 15 is 0 Å². The maximum absolute atomic E-state index is 11.9. The molecule has 0 spiro atoms. The minimum Gasteiger partial charge on any atom is -0.481 e. The van der Waals surface area contributed by atoms with Crippen molar-refractivity contribution in [2.24, 2.45) is 10.8 Å². The van der Waals surface area contributed by atoms with Gasteiger partial charge in [-0.1, -0.05) is 13.8 Å². The molecule has 6 heteroatoms. The molecule has 1 saturated carbocycles. The molecule has 0 aromatic heterocycles. The van der Waals surface area contributed by atoms with Crippen LogP contribution in [0.3, 0.4) is 0 Å². The average Bonchev–Trinajstić information content (AvgIpc) is 2.06. The van der Waals surface area contributed by atoms with Crippen LogP contribution in [0.5, 0.6) is 0 Å². The second-order valence-corrected chi connectivity index (χ2v) is 8.27. The van der Waals surface area contributed by atoms with Gasteiger partial charge in [-0.2, -0.15) is 0 Å². The van der Waals surface area contributed by atoms with Crippen molar-refractivity contribution >= 4 is 12.1 Å². The van der Waals surface area contributed by atoms with E-state index in [1.54, 1.807) is 20.8 Å². The largest absolute Gasteiger partial charge is 0.481 e.